The second kappa shape index (κ2) is 6.34. The highest BCUT2D eigenvalue weighted by Crippen LogP contribution is 2.17. The third kappa shape index (κ3) is 4.01. The molecule has 2 atom stereocenters. The van der Waals surface area contributed by atoms with Gasteiger partial charge in [0.1, 0.15) is 11.6 Å². The van der Waals surface area contributed by atoms with E-state index in [1.807, 2.05) is 0 Å². The first-order valence-electron chi connectivity index (χ1n) is 6.35. The Balaban J connectivity index is 1.81. The first kappa shape index (κ1) is 15.0. The van der Waals surface area contributed by atoms with Crippen molar-refractivity contribution in [3.63, 3.8) is 0 Å². The average molecular weight is 296 g/mol. The van der Waals surface area contributed by atoms with Crippen LogP contribution in [0.25, 0.3) is 0 Å². The summed E-state index contributed by atoms with van der Waals surface area (Å²) >= 11 is 0. The smallest absolute Gasteiger partial charge is 0.315 e. The van der Waals surface area contributed by atoms with E-state index in [4.69, 9.17) is 5.11 Å². The lowest BCUT2D eigenvalue weighted by Crippen LogP contribution is -2.40. The summed E-state index contributed by atoms with van der Waals surface area (Å²) in [5.74, 6) is -2.97. The molecule has 2 unspecified atom stereocenters. The van der Waals surface area contributed by atoms with Gasteiger partial charge in [-0.05, 0) is 12.5 Å². The van der Waals surface area contributed by atoms with Gasteiger partial charge in [-0.1, -0.05) is 18.2 Å². The Morgan fingerprint density at radius 3 is 2.67 bits per heavy atom. The number of aliphatic carboxylic acids is 1. The minimum Gasteiger partial charge on any atom is -0.481 e. The van der Waals surface area contributed by atoms with E-state index in [9.17, 15) is 18.4 Å². The van der Waals surface area contributed by atoms with Gasteiger partial charge >= 0.3 is 12.0 Å². The van der Waals surface area contributed by atoms with Gasteiger partial charge in [0.25, 0.3) is 0 Å². The molecule has 1 aliphatic rings. The van der Waals surface area contributed by atoms with Crippen LogP contribution in [0.1, 0.15) is 12.0 Å². The fraction of sp³-hybridized carbons (Fsp3) is 0.286. The Bertz CT molecular complexity index is 590. The van der Waals surface area contributed by atoms with Crippen LogP contribution in [0.5, 0.6) is 0 Å². The Labute approximate surface area is 119 Å². The van der Waals surface area contributed by atoms with Crippen molar-refractivity contribution < 1.29 is 23.5 Å². The summed E-state index contributed by atoms with van der Waals surface area (Å²) in [7, 11) is 0. The molecule has 5 nitrogen and oxygen atoms in total. The summed E-state index contributed by atoms with van der Waals surface area (Å²) in [5, 5.41) is 13.8. The van der Waals surface area contributed by atoms with Crippen molar-refractivity contribution in [2.75, 3.05) is 0 Å². The minimum absolute atomic E-state index is 0.0866. The molecule has 21 heavy (non-hydrogen) atoms. The SMILES string of the molecule is O=C(NCc1ccc(F)cc1F)NC1C=CC(C(=O)O)C1. The number of hydrogen-bond acceptors (Lipinski definition) is 2. The van der Waals surface area contributed by atoms with Gasteiger partial charge in [-0.15, -0.1) is 0 Å². The van der Waals surface area contributed by atoms with E-state index in [1.165, 1.54) is 12.1 Å². The molecule has 0 fully saturated rings. The zero-order valence-corrected chi connectivity index (χ0v) is 11.0. The van der Waals surface area contributed by atoms with Gasteiger partial charge in [-0.2, -0.15) is 0 Å². The molecule has 0 heterocycles. The van der Waals surface area contributed by atoms with Crippen LogP contribution in [0.4, 0.5) is 13.6 Å². The summed E-state index contributed by atoms with van der Waals surface area (Å²) < 4.78 is 26.1. The van der Waals surface area contributed by atoms with Crippen LogP contribution in [0, 0.1) is 17.6 Å². The van der Waals surface area contributed by atoms with Gasteiger partial charge in [0.15, 0.2) is 0 Å². The molecule has 0 saturated carbocycles. The average Bonchev–Trinajstić information content (AvgIpc) is 2.86. The van der Waals surface area contributed by atoms with Crippen molar-refractivity contribution in [1.82, 2.24) is 10.6 Å². The normalized spacial score (nSPS) is 20.3. The molecule has 3 N–H and O–H groups in total. The first-order valence-corrected chi connectivity index (χ1v) is 6.35. The van der Waals surface area contributed by atoms with Crippen molar-refractivity contribution >= 4 is 12.0 Å². The van der Waals surface area contributed by atoms with Crippen molar-refractivity contribution in [2.45, 2.75) is 19.0 Å². The number of benzene rings is 1. The summed E-state index contributed by atoms with van der Waals surface area (Å²) in [6.45, 7) is -0.0866. The van der Waals surface area contributed by atoms with Crippen molar-refractivity contribution in [1.29, 1.82) is 0 Å². The Morgan fingerprint density at radius 1 is 1.29 bits per heavy atom. The van der Waals surface area contributed by atoms with E-state index in [0.717, 1.165) is 12.1 Å². The van der Waals surface area contributed by atoms with E-state index in [0.29, 0.717) is 0 Å². The molecule has 112 valence electrons. The van der Waals surface area contributed by atoms with Gasteiger partial charge in [0.2, 0.25) is 0 Å². The number of hydrogen-bond donors (Lipinski definition) is 3. The number of amides is 2. The van der Waals surface area contributed by atoms with Crippen LogP contribution in [-0.2, 0) is 11.3 Å². The van der Waals surface area contributed by atoms with Crippen molar-refractivity contribution in [3.8, 4) is 0 Å². The number of carboxylic acids is 1. The molecule has 0 spiro atoms. The van der Waals surface area contributed by atoms with E-state index < -0.39 is 29.6 Å². The minimum atomic E-state index is -0.940. The maximum Gasteiger partial charge on any atom is 0.315 e. The molecule has 0 bridgehead atoms. The Morgan fingerprint density at radius 2 is 2.05 bits per heavy atom. The molecule has 1 aromatic carbocycles. The van der Waals surface area contributed by atoms with Crippen LogP contribution >= 0.6 is 0 Å². The van der Waals surface area contributed by atoms with Crippen LogP contribution in [0.3, 0.4) is 0 Å². The van der Waals surface area contributed by atoms with Crippen LogP contribution in [0.2, 0.25) is 0 Å². The molecular weight excluding hydrogens is 282 g/mol. The number of carbonyl (C=O) groups is 2. The molecule has 7 heteroatoms. The number of nitrogens with one attached hydrogen (secondary N) is 2. The predicted octanol–water partition coefficient (Wildman–Crippen LogP) is 1.79. The van der Waals surface area contributed by atoms with Gasteiger partial charge in [0.05, 0.1) is 12.0 Å². The monoisotopic (exact) mass is 296 g/mol. The fourth-order valence-corrected chi connectivity index (χ4v) is 2.05. The van der Waals surface area contributed by atoms with Gasteiger partial charge in [0, 0.05) is 18.2 Å². The summed E-state index contributed by atoms with van der Waals surface area (Å²) in [6, 6.07) is 2.19. The molecule has 2 amide bonds. The third-order valence-corrected chi connectivity index (χ3v) is 3.17. The second-order valence-corrected chi connectivity index (χ2v) is 4.73. The standard InChI is InChI=1S/C14H14F2N2O3/c15-10-3-1-9(12(16)6-10)7-17-14(21)18-11-4-2-8(5-11)13(19)20/h1-4,6,8,11H,5,7H2,(H,19,20)(H2,17,18,21). The Kier molecular flexibility index (Phi) is 4.52. The Hall–Kier alpha value is -2.44. The first-order chi connectivity index (χ1) is 9.95. The lowest BCUT2D eigenvalue weighted by Gasteiger charge is -2.13. The van der Waals surface area contributed by atoms with Crippen molar-refractivity contribution in [2.24, 2.45) is 5.92 Å². The number of carbonyl (C=O) groups excluding carboxylic acids is 1. The third-order valence-electron chi connectivity index (χ3n) is 3.17. The summed E-state index contributed by atoms with van der Waals surface area (Å²) in [5.41, 5.74) is 0.164. The van der Waals surface area contributed by atoms with E-state index in [1.54, 1.807) is 6.08 Å². The quantitative estimate of drug-likeness (QED) is 0.741. The second-order valence-electron chi connectivity index (χ2n) is 4.73. The fourth-order valence-electron chi connectivity index (χ4n) is 2.05. The lowest BCUT2D eigenvalue weighted by atomic mass is 10.1. The van der Waals surface area contributed by atoms with E-state index in [2.05, 4.69) is 10.6 Å². The lowest BCUT2D eigenvalue weighted by molar-refractivity contribution is -0.140. The molecule has 2 rings (SSSR count). The molecule has 1 aliphatic carbocycles. The maximum atomic E-state index is 13.4. The molecule has 0 aliphatic heterocycles. The van der Waals surface area contributed by atoms with Gasteiger partial charge in [-0.25, -0.2) is 13.6 Å². The largest absolute Gasteiger partial charge is 0.481 e. The summed E-state index contributed by atoms with van der Waals surface area (Å²) in [4.78, 5) is 22.4. The zero-order valence-electron chi connectivity index (χ0n) is 11.0. The predicted molar refractivity (Wildman–Crippen MR) is 70.4 cm³/mol. The van der Waals surface area contributed by atoms with E-state index >= 15 is 0 Å². The molecule has 0 saturated heterocycles. The van der Waals surface area contributed by atoms with Gasteiger partial charge < -0.3 is 15.7 Å². The van der Waals surface area contributed by atoms with Crippen LogP contribution in [0.15, 0.2) is 30.4 Å². The molecular formula is C14H14F2N2O3. The highest BCUT2D eigenvalue weighted by Gasteiger charge is 2.25. The number of halogens is 2. The zero-order chi connectivity index (χ0) is 15.4. The summed E-state index contributed by atoms with van der Waals surface area (Å²) in [6.07, 6.45) is 3.41. The highest BCUT2D eigenvalue weighted by atomic mass is 19.1. The number of urea groups is 1. The van der Waals surface area contributed by atoms with Crippen LogP contribution < -0.4 is 10.6 Å². The van der Waals surface area contributed by atoms with E-state index in [-0.39, 0.29) is 24.6 Å². The maximum absolute atomic E-state index is 13.4. The van der Waals surface area contributed by atoms with Gasteiger partial charge in [-0.3, -0.25) is 4.79 Å². The number of rotatable bonds is 4. The van der Waals surface area contributed by atoms with Crippen LogP contribution in [-0.4, -0.2) is 23.1 Å². The topological polar surface area (TPSA) is 78.4 Å². The van der Waals surface area contributed by atoms with Crippen molar-refractivity contribution in [3.05, 3.63) is 47.5 Å². The molecule has 1 aromatic rings. The highest BCUT2D eigenvalue weighted by molar-refractivity contribution is 5.76. The molecule has 0 aromatic heterocycles. The molecule has 0 radical (unpaired) electrons. The number of carboxylic acid groups (broad SMARTS) is 1.